The van der Waals surface area contributed by atoms with Crippen LogP contribution in [0.5, 0.6) is 0 Å². The number of nitrogens with zero attached hydrogens (tertiary/aromatic N) is 1. The summed E-state index contributed by atoms with van der Waals surface area (Å²) in [6.45, 7) is 4.77. The fraction of sp³-hybridized carbons (Fsp3) is 0.0769. The van der Waals surface area contributed by atoms with Gasteiger partial charge >= 0.3 is 0 Å². The molecule has 10 rings (SSSR count). The molecular weight excluding hydrogens is 639 g/mol. The monoisotopic (exact) mass is 677 g/mol. The van der Waals surface area contributed by atoms with Crippen molar-refractivity contribution in [2.24, 2.45) is 0 Å². The predicted molar refractivity (Wildman–Crippen MR) is 221 cm³/mol. The molecule has 2 aliphatic carbocycles. The molecule has 0 heterocycles. The molecule has 0 saturated heterocycles. The van der Waals surface area contributed by atoms with E-state index in [9.17, 15) is 0 Å². The highest BCUT2D eigenvalue weighted by Crippen LogP contribution is 2.62. The minimum Gasteiger partial charge on any atom is -0.310 e. The van der Waals surface area contributed by atoms with Crippen molar-refractivity contribution >= 4 is 17.1 Å². The molecule has 1 heteroatoms. The second-order valence-electron chi connectivity index (χ2n) is 14.9. The first-order valence-electron chi connectivity index (χ1n) is 18.6. The van der Waals surface area contributed by atoms with E-state index in [4.69, 9.17) is 0 Å². The third-order valence-corrected chi connectivity index (χ3v) is 11.7. The molecule has 0 bridgehead atoms. The molecule has 0 saturated carbocycles. The summed E-state index contributed by atoms with van der Waals surface area (Å²) in [5.74, 6) is 0. The van der Waals surface area contributed by atoms with Crippen molar-refractivity contribution in [3.05, 3.63) is 234 Å². The Labute approximate surface area is 312 Å². The summed E-state index contributed by atoms with van der Waals surface area (Å²) in [4.78, 5) is 2.33. The van der Waals surface area contributed by atoms with E-state index in [0.29, 0.717) is 0 Å². The van der Waals surface area contributed by atoms with E-state index in [2.05, 4.69) is 219 Å². The van der Waals surface area contributed by atoms with E-state index < -0.39 is 5.41 Å². The second kappa shape index (κ2) is 12.1. The number of para-hydroxylation sites is 2. The van der Waals surface area contributed by atoms with Crippen LogP contribution in [0.2, 0.25) is 0 Å². The van der Waals surface area contributed by atoms with Crippen molar-refractivity contribution in [2.45, 2.75) is 24.7 Å². The molecular formula is C52H39N. The van der Waals surface area contributed by atoms with Crippen molar-refractivity contribution < 1.29 is 0 Å². The summed E-state index contributed by atoms with van der Waals surface area (Å²) in [5, 5.41) is 0. The quantitative estimate of drug-likeness (QED) is 0.175. The summed E-state index contributed by atoms with van der Waals surface area (Å²) in [5.41, 5.74) is 18.6. The van der Waals surface area contributed by atoms with E-state index in [1.54, 1.807) is 0 Å². The van der Waals surface area contributed by atoms with Gasteiger partial charge in [-0.1, -0.05) is 166 Å². The van der Waals surface area contributed by atoms with Crippen LogP contribution in [0.1, 0.15) is 47.2 Å². The molecule has 53 heavy (non-hydrogen) atoms. The Morgan fingerprint density at radius 2 is 0.736 bits per heavy atom. The fourth-order valence-electron chi connectivity index (χ4n) is 9.34. The highest BCUT2D eigenvalue weighted by Gasteiger charge is 2.53. The van der Waals surface area contributed by atoms with Crippen LogP contribution in [0.15, 0.2) is 200 Å². The molecule has 0 amide bonds. The number of anilines is 3. The van der Waals surface area contributed by atoms with Crippen molar-refractivity contribution in [2.75, 3.05) is 4.90 Å². The molecule has 0 unspecified atom stereocenters. The lowest BCUT2D eigenvalue weighted by molar-refractivity contribution is 0.563. The molecule has 0 atom stereocenters. The Morgan fingerprint density at radius 3 is 1.34 bits per heavy atom. The topological polar surface area (TPSA) is 3.24 Å². The smallest absolute Gasteiger partial charge is 0.0719 e. The normalized spacial score (nSPS) is 14.2. The lowest BCUT2D eigenvalue weighted by atomic mass is 9.55. The van der Waals surface area contributed by atoms with Gasteiger partial charge in [0, 0.05) is 22.5 Å². The Bertz CT molecular complexity index is 2560. The van der Waals surface area contributed by atoms with E-state index in [-0.39, 0.29) is 5.41 Å². The average molecular weight is 678 g/mol. The van der Waals surface area contributed by atoms with Crippen LogP contribution in [0.4, 0.5) is 17.1 Å². The standard InChI is InChI=1S/C52H39N/c1-51(2)46-27-11-13-29-48(46)52(49-30-14-12-28-47(49)51)45-26-10-9-25-43(45)44-32-31-39(35-50(44)52)37-18-15-17-36(33-37)38-19-16-24-42(34-38)53(40-20-5-3-6-21-40)41-22-7-4-8-23-41/h3-35H,1-2H3. The van der Waals surface area contributed by atoms with Crippen LogP contribution >= 0.6 is 0 Å². The largest absolute Gasteiger partial charge is 0.310 e. The van der Waals surface area contributed by atoms with Gasteiger partial charge in [0.2, 0.25) is 0 Å². The number of rotatable bonds is 5. The SMILES string of the molecule is CC1(C)c2ccccc2C2(c3ccccc3-c3ccc(-c4cccc(-c5cccc(N(c6ccccc6)c6ccccc6)c5)c4)cc32)c2ccccc21. The number of hydrogen-bond acceptors (Lipinski definition) is 1. The van der Waals surface area contributed by atoms with Gasteiger partial charge in [0.1, 0.15) is 0 Å². The molecule has 8 aromatic carbocycles. The molecule has 252 valence electrons. The number of benzene rings is 8. The first-order chi connectivity index (χ1) is 26.0. The molecule has 1 spiro atoms. The summed E-state index contributed by atoms with van der Waals surface area (Å²) < 4.78 is 0. The predicted octanol–water partition coefficient (Wildman–Crippen LogP) is 13.5. The minimum absolute atomic E-state index is 0.118. The molecule has 1 nitrogen and oxygen atoms in total. The zero-order valence-corrected chi connectivity index (χ0v) is 30.0. The van der Waals surface area contributed by atoms with Crippen LogP contribution in [0.25, 0.3) is 33.4 Å². The molecule has 0 radical (unpaired) electrons. The van der Waals surface area contributed by atoms with Crippen molar-refractivity contribution in [1.29, 1.82) is 0 Å². The molecule has 0 fully saturated rings. The van der Waals surface area contributed by atoms with Gasteiger partial charge in [0.15, 0.2) is 0 Å². The first kappa shape index (κ1) is 31.3. The lowest BCUT2D eigenvalue weighted by Crippen LogP contribution is -2.40. The Hall–Kier alpha value is -6.44. The summed E-state index contributed by atoms with van der Waals surface area (Å²) in [6.07, 6.45) is 0. The Kier molecular flexibility index (Phi) is 7.13. The number of fused-ring (bicyclic) bond motifs is 9. The average Bonchev–Trinajstić information content (AvgIpc) is 3.51. The van der Waals surface area contributed by atoms with E-state index in [0.717, 1.165) is 17.1 Å². The lowest BCUT2D eigenvalue weighted by Gasteiger charge is -2.46. The van der Waals surface area contributed by atoms with Gasteiger partial charge in [-0.2, -0.15) is 0 Å². The second-order valence-corrected chi connectivity index (χ2v) is 14.9. The van der Waals surface area contributed by atoms with Crippen LogP contribution < -0.4 is 4.90 Å². The van der Waals surface area contributed by atoms with Crippen molar-refractivity contribution in [3.8, 4) is 33.4 Å². The molecule has 0 aromatic heterocycles. The first-order valence-corrected chi connectivity index (χ1v) is 18.6. The van der Waals surface area contributed by atoms with Crippen LogP contribution in [-0.2, 0) is 10.8 Å². The van der Waals surface area contributed by atoms with Gasteiger partial charge in [-0.15, -0.1) is 0 Å². The zero-order chi connectivity index (χ0) is 35.6. The fourth-order valence-corrected chi connectivity index (χ4v) is 9.34. The highest BCUT2D eigenvalue weighted by molar-refractivity contribution is 5.90. The van der Waals surface area contributed by atoms with Crippen LogP contribution in [0.3, 0.4) is 0 Å². The highest BCUT2D eigenvalue weighted by atomic mass is 15.1. The minimum atomic E-state index is -0.408. The van der Waals surface area contributed by atoms with E-state index in [1.807, 2.05) is 0 Å². The molecule has 2 aliphatic rings. The Morgan fingerprint density at radius 1 is 0.302 bits per heavy atom. The van der Waals surface area contributed by atoms with Gasteiger partial charge in [-0.25, -0.2) is 0 Å². The van der Waals surface area contributed by atoms with Gasteiger partial charge < -0.3 is 4.90 Å². The van der Waals surface area contributed by atoms with Crippen molar-refractivity contribution in [1.82, 2.24) is 0 Å². The third kappa shape index (κ3) is 4.70. The Balaban J connectivity index is 1.13. The number of hydrogen-bond donors (Lipinski definition) is 0. The van der Waals surface area contributed by atoms with Crippen molar-refractivity contribution in [3.63, 3.8) is 0 Å². The molecule has 8 aromatic rings. The molecule has 0 N–H and O–H groups in total. The molecule has 0 aliphatic heterocycles. The van der Waals surface area contributed by atoms with E-state index in [1.165, 1.54) is 66.8 Å². The van der Waals surface area contributed by atoms with Crippen LogP contribution in [-0.4, -0.2) is 0 Å². The maximum atomic E-state index is 2.49. The van der Waals surface area contributed by atoms with E-state index >= 15 is 0 Å². The summed E-state index contributed by atoms with van der Waals surface area (Å²) in [7, 11) is 0. The third-order valence-electron chi connectivity index (χ3n) is 11.7. The summed E-state index contributed by atoms with van der Waals surface area (Å²) >= 11 is 0. The van der Waals surface area contributed by atoms with Gasteiger partial charge in [-0.3, -0.25) is 0 Å². The maximum absolute atomic E-state index is 2.49. The van der Waals surface area contributed by atoms with Crippen LogP contribution in [0, 0.1) is 0 Å². The van der Waals surface area contributed by atoms with Gasteiger partial charge in [0.25, 0.3) is 0 Å². The zero-order valence-electron chi connectivity index (χ0n) is 30.0. The summed E-state index contributed by atoms with van der Waals surface area (Å²) in [6, 6.07) is 73.8. The van der Waals surface area contributed by atoms with Gasteiger partial charge in [-0.05, 0) is 115 Å². The van der Waals surface area contributed by atoms with Gasteiger partial charge in [0.05, 0.1) is 5.41 Å². The maximum Gasteiger partial charge on any atom is 0.0719 e.